The highest BCUT2D eigenvalue weighted by atomic mass is 19.1. The highest BCUT2D eigenvalue weighted by Crippen LogP contribution is 2.29. The molecule has 3 rings (SSSR count). The number of aryl methyl sites for hydroxylation is 1. The Morgan fingerprint density at radius 3 is 2.64 bits per heavy atom. The molecule has 0 saturated carbocycles. The number of rotatable bonds is 4. The van der Waals surface area contributed by atoms with Gasteiger partial charge in [-0.05, 0) is 43.7 Å². The molecule has 1 aromatic heterocycles. The summed E-state index contributed by atoms with van der Waals surface area (Å²) in [4.78, 5) is 13.9. The molecule has 0 aliphatic rings. The molecule has 28 heavy (non-hydrogen) atoms. The highest BCUT2D eigenvalue weighted by Gasteiger charge is 2.23. The van der Waals surface area contributed by atoms with E-state index in [0.717, 1.165) is 23.8 Å². The summed E-state index contributed by atoms with van der Waals surface area (Å²) in [6.07, 6.45) is 0. The first-order valence-electron chi connectivity index (χ1n) is 8.60. The van der Waals surface area contributed by atoms with Gasteiger partial charge in [0.25, 0.3) is 0 Å². The molecule has 0 fully saturated rings. The Bertz CT molecular complexity index is 1100. The number of hydrogen-bond donors (Lipinski definition) is 0. The van der Waals surface area contributed by atoms with E-state index in [2.05, 4.69) is 11.2 Å². The van der Waals surface area contributed by atoms with E-state index in [4.69, 9.17) is 5.26 Å². The number of aromatic nitrogens is 2. The second-order valence-corrected chi connectivity index (χ2v) is 6.44. The minimum Gasteiger partial charge on any atom is -0.305 e. The molecule has 1 heterocycles. The van der Waals surface area contributed by atoms with Crippen LogP contribution < -0.4 is 4.90 Å². The molecule has 0 unspecified atom stereocenters. The van der Waals surface area contributed by atoms with E-state index in [-0.39, 0.29) is 18.1 Å². The number of benzene rings is 2. The Balaban J connectivity index is 2.07. The topological polar surface area (TPSA) is 61.9 Å². The van der Waals surface area contributed by atoms with Crippen molar-refractivity contribution in [1.29, 1.82) is 5.26 Å². The third-order valence-corrected chi connectivity index (χ3v) is 4.44. The average Bonchev–Trinajstić information content (AvgIpc) is 2.96. The fraction of sp³-hybridized carbons (Fsp3) is 0.190. The van der Waals surface area contributed by atoms with E-state index in [1.54, 1.807) is 32.0 Å². The van der Waals surface area contributed by atoms with Crippen molar-refractivity contribution < 1.29 is 13.6 Å². The van der Waals surface area contributed by atoms with Gasteiger partial charge in [-0.25, -0.2) is 13.5 Å². The van der Waals surface area contributed by atoms with Gasteiger partial charge in [0.05, 0.1) is 35.3 Å². The lowest BCUT2D eigenvalue weighted by Gasteiger charge is -2.22. The minimum atomic E-state index is -0.616. The molecule has 0 aliphatic heterocycles. The number of hydrogen-bond acceptors (Lipinski definition) is 3. The molecular weight excluding hydrogens is 362 g/mol. The number of nitrogens with zero attached hydrogens (tertiary/aromatic N) is 4. The summed E-state index contributed by atoms with van der Waals surface area (Å²) in [5.41, 5.74) is 2.78. The Labute approximate surface area is 161 Å². The second-order valence-electron chi connectivity index (χ2n) is 6.44. The van der Waals surface area contributed by atoms with Gasteiger partial charge in [0.15, 0.2) is 0 Å². The Hall–Kier alpha value is -3.53. The van der Waals surface area contributed by atoms with Gasteiger partial charge in [-0.1, -0.05) is 12.1 Å². The van der Waals surface area contributed by atoms with Crippen molar-refractivity contribution in [2.75, 3.05) is 4.90 Å². The molecule has 7 heteroatoms. The maximum atomic E-state index is 14.2. The fourth-order valence-electron chi connectivity index (χ4n) is 3.18. The predicted octanol–water partition coefficient (Wildman–Crippen LogP) is 4.19. The van der Waals surface area contributed by atoms with E-state index in [0.29, 0.717) is 22.6 Å². The van der Waals surface area contributed by atoms with Crippen molar-refractivity contribution in [3.8, 4) is 11.8 Å². The summed E-state index contributed by atoms with van der Waals surface area (Å²) in [5.74, 6) is -1.43. The van der Waals surface area contributed by atoms with Gasteiger partial charge < -0.3 is 4.90 Å². The fourth-order valence-corrected chi connectivity index (χ4v) is 3.18. The van der Waals surface area contributed by atoms with E-state index in [1.807, 2.05) is 6.07 Å². The zero-order valence-corrected chi connectivity index (χ0v) is 15.7. The number of anilines is 1. The lowest BCUT2D eigenvalue weighted by atomic mass is 10.1. The minimum absolute atomic E-state index is 0.0261. The number of carbonyl (C=O) groups is 1. The summed E-state index contributed by atoms with van der Waals surface area (Å²) < 4.78 is 29.1. The first-order valence-corrected chi connectivity index (χ1v) is 8.60. The summed E-state index contributed by atoms with van der Waals surface area (Å²) in [5, 5.41) is 13.4. The monoisotopic (exact) mass is 380 g/mol. The zero-order valence-electron chi connectivity index (χ0n) is 15.7. The molecule has 2 aromatic carbocycles. The van der Waals surface area contributed by atoms with Crippen LogP contribution in [0.3, 0.4) is 0 Å². The maximum absolute atomic E-state index is 14.2. The van der Waals surface area contributed by atoms with Gasteiger partial charge in [0.2, 0.25) is 5.91 Å². The Kier molecular flexibility index (Phi) is 5.23. The standard InChI is InChI=1S/C21H18F2N4O/c1-13-21(14(2)27(25-13)20-10-18(22)7-8-19(20)23)26(15(3)28)12-17-6-4-5-16(9-17)11-24/h4-10H,12H2,1-3H3. The van der Waals surface area contributed by atoms with Crippen molar-refractivity contribution in [1.82, 2.24) is 9.78 Å². The van der Waals surface area contributed by atoms with Crippen LogP contribution in [0.4, 0.5) is 14.5 Å². The van der Waals surface area contributed by atoms with Crippen LogP contribution in [0.1, 0.15) is 29.4 Å². The third kappa shape index (κ3) is 3.62. The third-order valence-electron chi connectivity index (χ3n) is 4.44. The van der Waals surface area contributed by atoms with Gasteiger partial charge in [-0.3, -0.25) is 4.79 Å². The molecule has 1 amide bonds. The van der Waals surface area contributed by atoms with Crippen molar-refractivity contribution >= 4 is 11.6 Å². The first-order chi connectivity index (χ1) is 13.3. The van der Waals surface area contributed by atoms with Gasteiger partial charge >= 0.3 is 0 Å². The van der Waals surface area contributed by atoms with Gasteiger partial charge in [-0.15, -0.1) is 0 Å². The van der Waals surface area contributed by atoms with Crippen LogP contribution in [0.25, 0.3) is 5.69 Å². The quantitative estimate of drug-likeness (QED) is 0.682. The molecule has 0 saturated heterocycles. The van der Waals surface area contributed by atoms with Crippen LogP contribution in [0.2, 0.25) is 0 Å². The van der Waals surface area contributed by atoms with Crippen LogP contribution in [0, 0.1) is 36.8 Å². The molecule has 0 radical (unpaired) electrons. The van der Waals surface area contributed by atoms with E-state index in [9.17, 15) is 13.6 Å². The average molecular weight is 380 g/mol. The van der Waals surface area contributed by atoms with Crippen LogP contribution in [-0.4, -0.2) is 15.7 Å². The summed E-state index contributed by atoms with van der Waals surface area (Å²) in [7, 11) is 0. The maximum Gasteiger partial charge on any atom is 0.224 e. The lowest BCUT2D eigenvalue weighted by Crippen LogP contribution is -2.29. The molecule has 0 aliphatic carbocycles. The highest BCUT2D eigenvalue weighted by molar-refractivity contribution is 5.92. The largest absolute Gasteiger partial charge is 0.305 e. The van der Waals surface area contributed by atoms with Gasteiger partial charge in [0.1, 0.15) is 17.3 Å². The molecule has 0 atom stereocenters. The molecule has 3 aromatic rings. The number of amides is 1. The molecule has 0 spiro atoms. The van der Waals surface area contributed by atoms with Crippen molar-refractivity contribution in [3.05, 3.63) is 76.6 Å². The predicted molar refractivity (Wildman–Crippen MR) is 101 cm³/mol. The van der Waals surface area contributed by atoms with E-state index in [1.165, 1.54) is 16.5 Å². The Morgan fingerprint density at radius 2 is 1.96 bits per heavy atom. The number of nitriles is 1. The van der Waals surface area contributed by atoms with Crippen molar-refractivity contribution in [2.24, 2.45) is 0 Å². The van der Waals surface area contributed by atoms with Crippen molar-refractivity contribution in [3.63, 3.8) is 0 Å². The van der Waals surface area contributed by atoms with Gasteiger partial charge in [-0.2, -0.15) is 10.4 Å². The molecule has 5 nitrogen and oxygen atoms in total. The molecule has 142 valence electrons. The first kappa shape index (κ1) is 19.2. The van der Waals surface area contributed by atoms with Gasteiger partial charge in [0, 0.05) is 13.0 Å². The molecule has 0 bridgehead atoms. The SMILES string of the molecule is CC(=O)N(Cc1cccc(C#N)c1)c1c(C)nn(-c2cc(F)ccc2F)c1C. The molecule has 0 N–H and O–H groups in total. The molecular formula is C21H18F2N4O. The van der Waals surface area contributed by atoms with Crippen LogP contribution >= 0.6 is 0 Å². The van der Waals surface area contributed by atoms with Crippen LogP contribution in [0.15, 0.2) is 42.5 Å². The zero-order chi connectivity index (χ0) is 20.4. The van der Waals surface area contributed by atoms with Crippen molar-refractivity contribution in [2.45, 2.75) is 27.3 Å². The van der Waals surface area contributed by atoms with E-state index < -0.39 is 11.6 Å². The summed E-state index contributed by atoms with van der Waals surface area (Å²) in [6, 6.07) is 12.2. The van der Waals surface area contributed by atoms with Crippen LogP contribution in [0.5, 0.6) is 0 Å². The van der Waals surface area contributed by atoms with E-state index >= 15 is 0 Å². The number of carbonyl (C=O) groups excluding carboxylic acids is 1. The van der Waals surface area contributed by atoms with Crippen LogP contribution in [-0.2, 0) is 11.3 Å². The Morgan fingerprint density at radius 1 is 1.21 bits per heavy atom. The number of halogens is 2. The lowest BCUT2D eigenvalue weighted by molar-refractivity contribution is -0.116. The normalized spacial score (nSPS) is 10.6. The summed E-state index contributed by atoms with van der Waals surface area (Å²) in [6.45, 7) is 5.05. The summed E-state index contributed by atoms with van der Waals surface area (Å²) >= 11 is 0. The smallest absolute Gasteiger partial charge is 0.224 e. The second kappa shape index (κ2) is 7.61.